The summed E-state index contributed by atoms with van der Waals surface area (Å²) in [4.78, 5) is 53.9. The van der Waals surface area contributed by atoms with Crippen molar-refractivity contribution in [3.8, 4) is 0 Å². The molecular formula is C82H100Cl2N6O10. The minimum absolute atomic E-state index is 0.00276. The molecule has 4 aromatic rings. The molecule has 12 rings (SSSR count). The van der Waals surface area contributed by atoms with Gasteiger partial charge in [-0.3, -0.25) is 9.59 Å². The smallest absolute Gasteiger partial charge is 0.251 e. The fraction of sp³-hybridized carbons (Fsp3) is 0.488. The highest BCUT2D eigenvalue weighted by molar-refractivity contribution is 6.18. The van der Waals surface area contributed by atoms with Crippen LogP contribution in [0.15, 0.2) is 132 Å². The maximum Gasteiger partial charge on any atom is 0.251 e. The number of nitrogens with zero attached hydrogens (tertiary/aromatic N) is 4. The van der Waals surface area contributed by atoms with Gasteiger partial charge in [-0.1, -0.05) is 77.6 Å². The summed E-state index contributed by atoms with van der Waals surface area (Å²) in [7, 11) is 0. The van der Waals surface area contributed by atoms with Crippen molar-refractivity contribution in [3.63, 3.8) is 0 Å². The zero-order valence-corrected chi connectivity index (χ0v) is 57.7. The third kappa shape index (κ3) is 17.4. The fourth-order valence-corrected chi connectivity index (χ4v) is 13.1. The molecule has 2 N–H and O–H groups in total. The number of amides is 2. The van der Waals surface area contributed by atoms with Crippen LogP contribution < -0.4 is 30.6 Å². The van der Waals surface area contributed by atoms with E-state index in [1.165, 1.54) is 103 Å². The number of ether oxygens (including phenoxy) is 4. The van der Waals surface area contributed by atoms with Crippen LogP contribution >= 0.6 is 23.2 Å². The molecule has 0 unspecified atom stereocenters. The number of carbonyl (C=O) groups is 4. The predicted molar refractivity (Wildman–Crippen MR) is 395 cm³/mol. The maximum atomic E-state index is 13.6. The monoisotopic (exact) mass is 1430 g/mol. The first-order valence-corrected chi connectivity index (χ1v) is 34.5. The third-order valence-electron chi connectivity index (χ3n) is 18.0. The second-order valence-electron chi connectivity index (χ2n) is 25.2. The Balaban J connectivity index is 0.000000249. The minimum atomic E-state index is -3.40. The number of alkyl halides is 2. The van der Waals surface area contributed by atoms with E-state index in [0.717, 1.165) is 57.4 Å². The van der Waals surface area contributed by atoms with Crippen LogP contribution in [0.5, 0.6) is 0 Å². The Bertz CT molecular complexity index is 5240. The molecule has 18 heteroatoms. The number of hydrogen-bond donors (Lipinski definition) is 2. The second kappa shape index (κ2) is 35.0. The van der Waals surface area contributed by atoms with E-state index in [2.05, 4.69) is 10.6 Å². The molecule has 16 nitrogen and oxygen atoms in total. The van der Waals surface area contributed by atoms with E-state index >= 15 is 0 Å². The number of carboxylic acid groups (broad SMARTS) is 2. The van der Waals surface area contributed by atoms with Gasteiger partial charge >= 0.3 is 0 Å². The summed E-state index contributed by atoms with van der Waals surface area (Å²) in [6.45, 7) is -14.5. The molecule has 0 radical (unpaired) electrons. The van der Waals surface area contributed by atoms with E-state index in [-0.39, 0.29) is 117 Å². The molecule has 532 valence electrons. The lowest BCUT2D eigenvalue weighted by atomic mass is 9.64. The van der Waals surface area contributed by atoms with Crippen molar-refractivity contribution in [2.75, 3.05) is 139 Å². The molecule has 100 heavy (non-hydrogen) atoms. The van der Waals surface area contributed by atoms with Gasteiger partial charge in [0.2, 0.25) is 0 Å². The predicted octanol–water partition coefficient (Wildman–Crippen LogP) is 11.3. The number of carbonyl (C=O) groups excluding carboxylic acids is 4. The summed E-state index contributed by atoms with van der Waals surface area (Å²) < 4.78 is 261. The summed E-state index contributed by atoms with van der Waals surface area (Å²) in [5.41, 5.74) is -1.07. The quantitative estimate of drug-likeness (QED) is 0.0268. The van der Waals surface area contributed by atoms with Crippen LogP contribution in [0.4, 0.5) is 11.4 Å². The molecule has 4 fully saturated rings. The van der Waals surface area contributed by atoms with Gasteiger partial charge in [0, 0.05) is 173 Å². The van der Waals surface area contributed by atoms with Gasteiger partial charge in [0.1, 0.15) is 37.0 Å². The van der Waals surface area contributed by atoms with E-state index in [1.807, 2.05) is 0 Å². The highest BCUT2D eigenvalue weighted by Gasteiger charge is 2.42. The van der Waals surface area contributed by atoms with Crippen molar-refractivity contribution >= 4 is 80.9 Å². The molecule has 0 spiro atoms. The molecule has 0 aromatic heterocycles. The van der Waals surface area contributed by atoms with Crippen LogP contribution in [-0.4, -0.2) is 174 Å². The third-order valence-corrected chi connectivity index (χ3v) is 18.5. The molecular weight excluding hydrogens is 1300 g/mol. The number of halogens is 2. The molecule has 4 aromatic carbocycles. The van der Waals surface area contributed by atoms with Crippen LogP contribution in [0.3, 0.4) is 0 Å². The first-order valence-electron chi connectivity index (χ1n) is 47.4. The average Bonchev–Trinajstić information content (AvgIpc) is 1.02. The number of aromatic carboxylic acids is 2. The molecule has 4 heterocycles. The topological polar surface area (TPSA) is 188 Å². The molecule has 0 bridgehead atoms. The zero-order valence-electron chi connectivity index (χ0n) is 84.2. The molecule has 0 atom stereocenters. The summed E-state index contributed by atoms with van der Waals surface area (Å²) in [6, 6.07) is 16.0. The van der Waals surface area contributed by atoms with Crippen LogP contribution in [0.25, 0.3) is 11.1 Å². The van der Waals surface area contributed by atoms with Crippen molar-refractivity contribution in [2.24, 2.45) is 0 Å². The number of nitrogens with one attached hydrogen (secondary N) is 2. The first-order chi connectivity index (χ1) is 59.1. The van der Waals surface area contributed by atoms with Crippen LogP contribution in [0.1, 0.15) is 230 Å². The Kier molecular flexibility index (Phi) is 15.9. The standard InChI is InChI=1S/C42H52ClN3O5.C40H48ClN3O5/c1-42(2)37-28-31(45-19-6-7-20-45)12-15-34(37)39(35-16-13-32(29-38(35)42)46-21-8-9-22-46)36-27-30(11-14-33(36)41(48)49)40(47)44-18-24-51-26-25-50-23-10-4-3-5-17-43;1-40(2)35-26-29(43-17-7-18-43)10-13-32(35)37(33-14-11-30(27-36(33)40)44-19-8-20-44)34-25-28(9-12-31(34)39(46)47)38(45)42-16-22-49-24-23-48-21-6-4-3-5-15-41/h11-16,27-29H,3-10,17-26H2,1-2H3,(H-,44,47,48,49);9-14,25-27H,3-8,15-24H2,1-2H3,(H-,42,45,46,47)/i6D2,7D2,8D2,9D2,19D2,20D2,21D2,22D2;7D2,8D2,17D2,18D2,19D2,20D2. The van der Waals surface area contributed by atoms with E-state index in [9.17, 15) is 29.4 Å². The first kappa shape index (κ1) is 45.5. The number of unbranched alkanes of at least 4 members (excludes halogenated alkanes) is 6. The van der Waals surface area contributed by atoms with Crippen LogP contribution in [0, 0.1) is 0 Å². The van der Waals surface area contributed by atoms with Crippen molar-refractivity contribution in [1.82, 2.24) is 10.6 Å². The second-order valence-corrected chi connectivity index (χ2v) is 25.9. The number of benzene rings is 4. The largest absolute Gasteiger partial charge is 0.545 e. The Hall–Kier alpha value is -7.44. The summed E-state index contributed by atoms with van der Waals surface area (Å²) in [5.74, 6) is -3.13. The molecule has 4 saturated heterocycles. The van der Waals surface area contributed by atoms with Crippen LogP contribution in [0.2, 0.25) is 0 Å². The summed E-state index contributed by atoms with van der Waals surface area (Å²) in [5, 5.41) is 31.2. The lowest BCUT2D eigenvalue weighted by Gasteiger charge is -2.41. The highest BCUT2D eigenvalue weighted by Crippen LogP contribution is 2.53. The average molecular weight is 1430 g/mol. The molecule has 4 aliphatic carbocycles. The maximum absolute atomic E-state index is 13.6. The van der Waals surface area contributed by atoms with Gasteiger partial charge in [-0.25, -0.2) is 9.15 Å². The number of rotatable bonds is 32. The van der Waals surface area contributed by atoms with Gasteiger partial charge in [0.25, 0.3) is 11.8 Å². The Morgan fingerprint density at radius 1 is 0.470 bits per heavy atom. The van der Waals surface area contributed by atoms with Crippen molar-refractivity contribution in [3.05, 3.63) is 187 Å². The Labute approximate surface area is 640 Å². The number of carboxylic acids is 2. The SMILES string of the molecule is [2H]C1([2H])N(c2ccc3c(c2)C(C)(C)C2=CC(=[N+]4C([2H])([2H])C([2H])([2H])C([2H])([2H])C4([2H])[2H])C=CC2=C3c2cc(C(=O)NCCOCCOCCCCCCCl)ccc2C(=O)[O-])C([2H])([2H])C([2H])([2H])C1([2H])[2H].[2H]C1([2H])N(c2ccc3c(c2)C(C)(C)C2=CC(=[N+]4C([2H])([2H])C([2H])([2H])C4([2H])[2H])C=CC2=C3c2cc(C(=O)NCCOCCOCCCCCCCl)ccc2C(=O)[O-])C([2H])([2H])C1([2H])[2H]. The van der Waals surface area contributed by atoms with E-state index < -0.39 is 130 Å². The Morgan fingerprint density at radius 3 is 1.29 bits per heavy atom. The van der Waals surface area contributed by atoms with Crippen molar-refractivity contribution < 1.29 is 95.9 Å². The van der Waals surface area contributed by atoms with Gasteiger partial charge in [0.05, 0.1) is 58.0 Å². The van der Waals surface area contributed by atoms with E-state index in [0.29, 0.717) is 86.0 Å². The fourth-order valence-electron chi connectivity index (χ4n) is 12.7. The normalized spacial score (nSPS) is 28.9. The van der Waals surface area contributed by atoms with Gasteiger partial charge in [-0.2, -0.15) is 0 Å². The molecule has 8 aliphatic rings. The van der Waals surface area contributed by atoms with E-state index in [1.54, 1.807) is 27.7 Å². The van der Waals surface area contributed by atoms with E-state index in [4.69, 9.17) is 80.5 Å². The summed E-state index contributed by atoms with van der Waals surface area (Å²) in [6.07, 6.45) is -3.21. The molecule has 4 aliphatic heterocycles. The Morgan fingerprint density at radius 2 is 0.870 bits per heavy atom. The number of allylic oxidation sites excluding steroid dienone is 10. The highest BCUT2D eigenvalue weighted by atomic mass is 35.5. The van der Waals surface area contributed by atoms with Crippen molar-refractivity contribution in [1.29, 1.82) is 0 Å². The lowest BCUT2D eigenvalue weighted by molar-refractivity contribution is -0.582. The zero-order chi connectivity index (χ0) is 95.3. The van der Waals surface area contributed by atoms with Gasteiger partial charge in [-0.05, 0) is 172 Å². The van der Waals surface area contributed by atoms with Gasteiger partial charge in [0.15, 0.2) is 11.4 Å². The lowest BCUT2D eigenvalue weighted by Crippen LogP contribution is -2.38. The van der Waals surface area contributed by atoms with Crippen molar-refractivity contribution in [2.45, 2.75) is 128 Å². The summed E-state index contributed by atoms with van der Waals surface area (Å²) >= 11 is 11.4. The molecule has 0 saturated carbocycles. The number of hydrogen-bond acceptors (Lipinski definition) is 12. The number of anilines is 2. The van der Waals surface area contributed by atoms with Gasteiger partial charge < -0.3 is 59.2 Å². The van der Waals surface area contributed by atoms with Gasteiger partial charge in [-0.15, -0.1) is 23.2 Å². The van der Waals surface area contributed by atoms with Crippen LogP contribution in [-0.2, 0) is 29.8 Å². The number of fused-ring (bicyclic) bond motifs is 4. The minimum Gasteiger partial charge on any atom is -0.545 e. The molecule has 2 amide bonds.